The van der Waals surface area contributed by atoms with E-state index in [1.165, 1.54) is 21.0 Å². The third-order valence-corrected chi connectivity index (χ3v) is 4.57. The lowest BCUT2D eigenvalue weighted by Gasteiger charge is -2.13. The number of nitrogens with one attached hydrogen (secondary N) is 1. The average molecular weight is 277 g/mol. The summed E-state index contributed by atoms with van der Waals surface area (Å²) in [5.74, 6) is 0. The lowest BCUT2D eigenvalue weighted by molar-refractivity contribution is 0.545. The van der Waals surface area contributed by atoms with Gasteiger partial charge in [0.05, 0.1) is 5.69 Å². The van der Waals surface area contributed by atoms with Crippen LogP contribution < -0.4 is 5.32 Å². The van der Waals surface area contributed by atoms with E-state index in [0.29, 0.717) is 6.04 Å². The highest BCUT2D eigenvalue weighted by Crippen LogP contribution is 2.34. The van der Waals surface area contributed by atoms with Crippen molar-refractivity contribution in [2.24, 2.45) is 7.05 Å². The normalized spacial score (nSPS) is 12.8. The Hall–Kier alpha value is -1.13. The molecule has 3 nitrogen and oxygen atoms in total. The van der Waals surface area contributed by atoms with Crippen LogP contribution in [-0.2, 0) is 13.5 Å². The first-order valence-electron chi connectivity index (χ1n) is 7.05. The van der Waals surface area contributed by atoms with E-state index in [2.05, 4.69) is 49.5 Å². The van der Waals surface area contributed by atoms with E-state index >= 15 is 0 Å². The van der Waals surface area contributed by atoms with Gasteiger partial charge in [-0.3, -0.25) is 4.68 Å². The molecule has 0 aliphatic carbocycles. The molecule has 4 heteroatoms. The molecule has 0 aliphatic rings. The van der Waals surface area contributed by atoms with Gasteiger partial charge in [-0.25, -0.2) is 0 Å². The summed E-state index contributed by atoms with van der Waals surface area (Å²) in [6, 6.07) is 4.96. The summed E-state index contributed by atoms with van der Waals surface area (Å²) in [7, 11) is 1.99. The fourth-order valence-electron chi connectivity index (χ4n) is 2.38. The summed E-state index contributed by atoms with van der Waals surface area (Å²) in [6.07, 6.45) is 4.23. The second-order valence-electron chi connectivity index (χ2n) is 4.74. The lowest BCUT2D eigenvalue weighted by atomic mass is 10.1. The van der Waals surface area contributed by atoms with E-state index in [1.807, 2.05) is 23.1 Å². The molecule has 1 N–H and O–H groups in total. The zero-order valence-electron chi connectivity index (χ0n) is 12.2. The molecule has 1 unspecified atom stereocenters. The molecule has 0 radical (unpaired) electrons. The number of nitrogens with zero attached hydrogens (tertiary/aromatic N) is 2. The zero-order valence-corrected chi connectivity index (χ0v) is 13.0. The highest BCUT2D eigenvalue weighted by molar-refractivity contribution is 7.15. The molecular weight excluding hydrogens is 254 g/mol. The molecule has 0 aromatic carbocycles. The molecule has 0 aliphatic heterocycles. The minimum Gasteiger partial charge on any atom is -0.310 e. The zero-order chi connectivity index (χ0) is 13.8. The molecule has 0 saturated heterocycles. The highest BCUT2D eigenvalue weighted by Gasteiger charge is 2.14. The van der Waals surface area contributed by atoms with Crippen molar-refractivity contribution in [3.63, 3.8) is 0 Å². The fourth-order valence-corrected chi connectivity index (χ4v) is 3.58. The van der Waals surface area contributed by atoms with Crippen LogP contribution in [0, 0.1) is 0 Å². The van der Waals surface area contributed by atoms with Gasteiger partial charge in [0.15, 0.2) is 0 Å². The van der Waals surface area contributed by atoms with Crippen molar-refractivity contribution in [1.82, 2.24) is 15.1 Å². The number of rotatable bonds is 6. The molecule has 19 heavy (non-hydrogen) atoms. The van der Waals surface area contributed by atoms with E-state index in [4.69, 9.17) is 0 Å². The Kier molecular flexibility index (Phi) is 4.77. The van der Waals surface area contributed by atoms with E-state index in [1.54, 1.807) is 0 Å². The van der Waals surface area contributed by atoms with Gasteiger partial charge in [-0.1, -0.05) is 20.8 Å². The molecule has 0 spiro atoms. The van der Waals surface area contributed by atoms with Crippen molar-refractivity contribution in [3.05, 3.63) is 28.9 Å². The van der Waals surface area contributed by atoms with Gasteiger partial charge in [0.1, 0.15) is 0 Å². The van der Waals surface area contributed by atoms with Crippen molar-refractivity contribution in [2.75, 3.05) is 6.54 Å². The second-order valence-corrected chi connectivity index (χ2v) is 5.85. The van der Waals surface area contributed by atoms with Gasteiger partial charge in [0.25, 0.3) is 0 Å². The minimum absolute atomic E-state index is 0.477. The van der Waals surface area contributed by atoms with Gasteiger partial charge in [0.2, 0.25) is 0 Å². The monoisotopic (exact) mass is 277 g/mol. The highest BCUT2D eigenvalue weighted by atomic mass is 32.1. The summed E-state index contributed by atoms with van der Waals surface area (Å²) in [6.45, 7) is 7.56. The first-order chi connectivity index (χ1) is 9.19. The summed E-state index contributed by atoms with van der Waals surface area (Å²) in [5.41, 5.74) is 2.47. The average Bonchev–Trinajstić information content (AvgIpc) is 3.01. The van der Waals surface area contributed by atoms with Crippen molar-refractivity contribution in [1.29, 1.82) is 0 Å². The molecule has 104 valence electrons. The van der Waals surface area contributed by atoms with Gasteiger partial charge in [-0.2, -0.15) is 5.10 Å². The molecule has 2 aromatic rings. The smallest absolute Gasteiger partial charge is 0.0708 e. The number of aryl methyl sites for hydroxylation is 2. The first-order valence-corrected chi connectivity index (χ1v) is 7.87. The van der Waals surface area contributed by atoms with E-state index < -0.39 is 0 Å². The van der Waals surface area contributed by atoms with Crippen LogP contribution in [0.1, 0.15) is 43.8 Å². The Morgan fingerprint density at radius 2 is 2.11 bits per heavy atom. The van der Waals surface area contributed by atoms with Crippen LogP contribution in [0.15, 0.2) is 18.3 Å². The van der Waals surface area contributed by atoms with Crippen LogP contribution in [0.5, 0.6) is 0 Å². The molecule has 0 fully saturated rings. The quantitative estimate of drug-likeness (QED) is 0.871. The maximum Gasteiger partial charge on any atom is 0.0708 e. The maximum atomic E-state index is 4.52. The van der Waals surface area contributed by atoms with Crippen molar-refractivity contribution in [3.8, 4) is 10.4 Å². The molecular formula is C15H23N3S. The second kappa shape index (κ2) is 6.35. The van der Waals surface area contributed by atoms with Crippen molar-refractivity contribution >= 4 is 11.3 Å². The lowest BCUT2D eigenvalue weighted by Crippen LogP contribution is -2.18. The largest absolute Gasteiger partial charge is 0.310 e. The van der Waals surface area contributed by atoms with E-state index in [-0.39, 0.29) is 0 Å². The SMILES string of the molecule is CCNC(CC)c1ccc(-c2cn(C)nc2CC)s1. The van der Waals surface area contributed by atoms with Gasteiger partial charge < -0.3 is 5.32 Å². The van der Waals surface area contributed by atoms with Crippen LogP contribution in [0.2, 0.25) is 0 Å². The Balaban J connectivity index is 2.29. The molecule has 2 heterocycles. The molecule has 1 atom stereocenters. The van der Waals surface area contributed by atoms with Crippen LogP contribution in [0.4, 0.5) is 0 Å². The fraction of sp³-hybridized carbons (Fsp3) is 0.533. The predicted octanol–water partition coefficient (Wildman–Crippen LogP) is 3.77. The van der Waals surface area contributed by atoms with Crippen molar-refractivity contribution < 1.29 is 0 Å². The standard InChI is InChI=1S/C15H23N3S/c1-5-12-11(10-18(4)17-12)14-8-9-15(19-14)13(6-2)16-7-3/h8-10,13,16H,5-7H2,1-4H3. The first kappa shape index (κ1) is 14.3. The molecule has 0 amide bonds. The number of hydrogen-bond donors (Lipinski definition) is 1. The Labute approximate surface area is 119 Å². The van der Waals surface area contributed by atoms with E-state index in [9.17, 15) is 0 Å². The summed E-state index contributed by atoms with van der Waals surface area (Å²) >= 11 is 1.89. The van der Waals surface area contributed by atoms with Gasteiger partial charge >= 0.3 is 0 Å². The van der Waals surface area contributed by atoms with Crippen LogP contribution in [0.3, 0.4) is 0 Å². The predicted molar refractivity (Wildman–Crippen MR) is 82.6 cm³/mol. The van der Waals surface area contributed by atoms with Crippen LogP contribution in [-0.4, -0.2) is 16.3 Å². The minimum atomic E-state index is 0.477. The van der Waals surface area contributed by atoms with Gasteiger partial charge in [-0.05, 0) is 31.5 Å². The van der Waals surface area contributed by atoms with Crippen LogP contribution in [0.25, 0.3) is 10.4 Å². The van der Waals surface area contributed by atoms with Crippen molar-refractivity contribution in [2.45, 2.75) is 39.7 Å². The van der Waals surface area contributed by atoms with Gasteiger partial charge in [-0.15, -0.1) is 11.3 Å². The third kappa shape index (κ3) is 3.07. The summed E-state index contributed by atoms with van der Waals surface area (Å²) in [5, 5.41) is 8.06. The number of aromatic nitrogens is 2. The maximum absolute atomic E-state index is 4.52. The summed E-state index contributed by atoms with van der Waals surface area (Å²) < 4.78 is 1.91. The molecule has 0 saturated carbocycles. The summed E-state index contributed by atoms with van der Waals surface area (Å²) in [4.78, 5) is 2.75. The Morgan fingerprint density at radius 3 is 2.74 bits per heavy atom. The number of hydrogen-bond acceptors (Lipinski definition) is 3. The van der Waals surface area contributed by atoms with E-state index in [0.717, 1.165) is 19.4 Å². The topological polar surface area (TPSA) is 29.9 Å². The number of thiophene rings is 1. The van der Waals surface area contributed by atoms with Crippen LogP contribution >= 0.6 is 11.3 Å². The third-order valence-electron chi connectivity index (χ3n) is 3.33. The Morgan fingerprint density at radius 1 is 1.32 bits per heavy atom. The molecule has 0 bridgehead atoms. The molecule has 2 aromatic heterocycles. The Bertz CT molecular complexity index is 527. The molecule has 2 rings (SSSR count). The van der Waals surface area contributed by atoms with Gasteiger partial charge in [0, 0.05) is 34.6 Å².